The number of carbonyl (C=O) groups is 1. The van der Waals surface area contributed by atoms with E-state index < -0.39 is 0 Å². The molecule has 0 saturated carbocycles. The van der Waals surface area contributed by atoms with Gasteiger partial charge in [0.1, 0.15) is 0 Å². The molecule has 3 nitrogen and oxygen atoms in total. The van der Waals surface area contributed by atoms with Crippen LogP contribution < -0.4 is 5.32 Å². The lowest BCUT2D eigenvalue weighted by molar-refractivity contribution is 0.0992. The fourth-order valence-electron chi connectivity index (χ4n) is 1.94. The molecule has 1 aromatic carbocycles. The van der Waals surface area contributed by atoms with Gasteiger partial charge in [-0.05, 0) is 37.2 Å². The van der Waals surface area contributed by atoms with Crippen molar-refractivity contribution in [2.24, 2.45) is 0 Å². The highest BCUT2D eigenvalue weighted by Crippen LogP contribution is 2.13. The Bertz CT molecular complexity index is 503. The Kier molecular flexibility index (Phi) is 4.31. The average Bonchev–Trinajstić information content (AvgIpc) is 2.89. The van der Waals surface area contributed by atoms with Crippen molar-refractivity contribution in [2.45, 2.75) is 12.8 Å². The average molecular weight is 243 g/mol. The molecule has 0 saturated heterocycles. The second kappa shape index (κ2) is 6.17. The molecule has 0 aliphatic heterocycles. The van der Waals surface area contributed by atoms with E-state index in [-0.39, 0.29) is 5.78 Å². The van der Waals surface area contributed by atoms with Crippen molar-refractivity contribution in [3.63, 3.8) is 0 Å². The molecular weight excluding hydrogens is 226 g/mol. The summed E-state index contributed by atoms with van der Waals surface area (Å²) in [6.45, 7) is 0.871. The van der Waals surface area contributed by atoms with Crippen molar-refractivity contribution in [3.05, 3.63) is 59.5 Å². The van der Waals surface area contributed by atoms with Crippen LogP contribution >= 0.6 is 0 Å². The maximum absolute atomic E-state index is 12.2. The van der Waals surface area contributed by atoms with Crippen molar-refractivity contribution < 1.29 is 9.21 Å². The molecule has 3 heteroatoms. The summed E-state index contributed by atoms with van der Waals surface area (Å²) in [7, 11) is 1.91. The van der Waals surface area contributed by atoms with E-state index in [0.717, 1.165) is 29.7 Å². The van der Waals surface area contributed by atoms with Crippen LogP contribution in [0.5, 0.6) is 0 Å². The van der Waals surface area contributed by atoms with Crippen LogP contribution in [0.15, 0.2) is 47.3 Å². The van der Waals surface area contributed by atoms with E-state index in [1.807, 2.05) is 37.4 Å². The van der Waals surface area contributed by atoms with Gasteiger partial charge >= 0.3 is 0 Å². The van der Waals surface area contributed by atoms with Gasteiger partial charge in [0.2, 0.25) is 0 Å². The fourth-order valence-corrected chi connectivity index (χ4v) is 1.94. The number of likely N-dealkylation sites (N-methyl/N-ethyl adjacent to an activating group) is 1. The molecule has 0 atom stereocenters. The monoisotopic (exact) mass is 243 g/mol. The quantitative estimate of drug-likeness (QED) is 0.792. The maximum Gasteiger partial charge on any atom is 0.167 e. The Labute approximate surface area is 107 Å². The van der Waals surface area contributed by atoms with Crippen LogP contribution in [0.4, 0.5) is 0 Å². The lowest BCUT2D eigenvalue weighted by Crippen LogP contribution is -2.13. The Balaban J connectivity index is 2.13. The number of furan rings is 1. The normalized spacial score (nSPS) is 10.5. The Morgan fingerprint density at radius 2 is 2.11 bits per heavy atom. The third-order valence-electron chi connectivity index (χ3n) is 2.91. The van der Waals surface area contributed by atoms with Gasteiger partial charge in [0, 0.05) is 12.0 Å². The van der Waals surface area contributed by atoms with Crippen molar-refractivity contribution in [1.29, 1.82) is 0 Å². The first-order chi connectivity index (χ1) is 8.81. The summed E-state index contributed by atoms with van der Waals surface area (Å²) < 4.78 is 4.98. The number of hydrogen-bond donors (Lipinski definition) is 1. The molecule has 0 fully saturated rings. The van der Waals surface area contributed by atoms with Crippen molar-refractivity contribution in [3.8, 4) is 0 Å². The lowest BCUT2D eigenvalue weighted by Gasteiger charge is -2.07. The van der Waals surface area contributed by atoms with Crippen LogP contribution in [-0.4, -0.2) is 19.4 Å². The molecule has 0 aliphatic carbocycles. The third kappa shape index (κ3) is 3.08. The molecule has 2 aromatic rings. The molecule has 0 amide bonds. The summed E-state index contributed by atoms with van der Waals surface area (Å²) >= 11 is 0. The summed E-state index contributed by atoms with van der Waals surface area (Å²) in [5, 5.41) is 3.10. The van der Waals surface area contributed by atoms with E-state index in [4.69, 9.17) is 4.42 Å². The number of Topliss-reactive ketones (excluding diaryl/α,β-unsaturated/α-hetero) is 1. The Morgan fingerprint density at radius 3 is 2.83 bits per heavy atom. The van der Waals surface area contributed by atoms with Crippen molar-refractivity contribution in [1.82, 2.24) is 5.32 Å². The largest absolute Gasteiger partial charge is 0.472 e. The van der Waals surface area contributed by atoms with E-state index in [1.54, 1.807) is 12.5 Å². The van der Waals surface area contributed by atoms with E-state index in [1.165, 1.54) is 0 Å². The third-order valence-corrected chi connectivity index (χ3v) is 2.91. The molecule has 1 heterocycles. The topological polar surface area (TPSA) is 42.2 Å². The van der Waals surface area contributed by atoms with E-state index in [0.29, 0.717) is 6.42 Å². The molecule has 0 unspecified atom stereocenters. The molecule has 2 rings (SSSR count). The SMILES string of the molecule is CNCCc1ccccc1C(=O)Cc1ccoc1. The molecule has 94 valence electrons. The Morgan fingerprint density at radius 1 is 1.28 bits per heavy atom. The van der Waals surface area contributed by atoms with E-state index >= 15 is 0 Å². The van der Waals surface area contributed by atoms with Crippen molar-refractivity contribution in [2.75, 3.05) is 13.6 Å². The van der Waals surface area contributed by atoms with Gasteiger partial charge in [0.15, 0.2) is 5.78 Å². The predicted molar refractivity (Wildman–Crippen MR) is 70.8 cm³/mol. The molecule has 0 bridgehead atoms. The molecule has 0 aliphatic rings. The van der Waals surface area contributed by atoms with Crippen LogP contribution in [0.1, 0.15) is 21.5 Å². The first-order valence-corrected chi connectivity index (χ1v) is 6.08. The summed E-state index contributed by atoms with van der Waals surface area (Å²) in [6, 6.07) is 9.62. The summed E-state index contributed by atoms with van der Waals surface area (Å²) in [5.41, 5.74) is 2.83. The molecule has 1 N–H and O–H groups in total. The number of ketones is 1. The first kappa shape index (κ1) is 12.6. The van der Waals surface area contributed by atoms with Crippen LogP contribution in [0, 0.1) is 0 Å². The maximum atomic E-state index is 12.2. The minimum atomic E-state index is 0.142. The van der Waals surface area contributed by atoms with Gasteiger partial charge in [0.25, 0.3) is 0 Å². The Hall–Kier alpha value is -1.87. The highest BCUT2D eigenvalue weighted by Gasteiger charge is 2.11. The summed E-state index contributed by atoms with van der Waals surface area (Å²) in [6.07, 6.45) is 4.47. The highest BCUT2D eigenvalue weighted by atomic mass is 16.3. The summed E-state index contributed by atoms with van der Waals surface area (Å²) in [5.74, 6) is 0.142. The fraction of sp³-hybridized carbons (Fsp3) is 0.267. The second-order valence-corrected chi connectivity index (χ2v) is 4.24. The zero-order chi connectivity index (χ0) is 12.8. The second-order valence-electron chi connectivity index (χ2n) is 4.24. The number of benzene rings is 1. The number of hydrogen-bond acceptors (Lipinski definition) is 3. The van der Waals surface area contributed by atoms with Crippen molar-refractivity contribution >= 4 is 5.78 Å². The van der Waals surface area contributed by atoms with Crippen LogP contribution in [0.3, 0.4) is 0 Å². The van der Waals surface area contributed by atoms with E-state index in [9.17, 15) is 4.79 Å². The minimum absolute atomic E-state index is 0.142. The predicted octanol–water partition coefficient (Wildman–Crippen LogP) is 2.47. The molecule has 1 aromatic heterocycles. The van der Waals surface area contributed by atoms with Gasteiger partial charge in [-0.3, -0.25) is 4.79 Å². The van der Waals surface area contributed by atoms with Gasteiger partial charge in [-0.2, -0.15) is 0 Å². The van der Waals surface area contributed by atoms with E-state index in [2.05, 4.69) is 5.32 Å². The lowest BCUT2D eigenvalue weighted by atomic mass is 9.98. The van der Waals surface area contributed by atoms with Crippen LogP contribution in [0.2, 0.25) is 0 Å². The van der Waals surface area contributed by atoms with Crippen LogP contribution in [-0.2, 0) is 12.8 Å². The number of nitrogens with one attached hydrogen (secondary N) is 1. The first-order valence-electron chi connectivity index (χ1n) is 6.08. The van der Waals surface area contributed by atoms with Gasteiger partial charge in [-0.1, -0.05) is 24.3 Å². The summed E-state index contributed by atoms with van der Waals surface area (Å²) in [4.78, 5) is 12.2. The zero-order valence-corrected chi connectivity index (χ0v) is 10.5. The van der Waals surface area contributed by atoms with Gasteiger partial charge in [-0.15, -0.1) is 0 Å². The molecule has 0 radical (unpaired) electrons. The standard InChI is InChI=1S/C15H17NO2/c1-16-8-6-13-4-2-3-5-14(13)15(17)10-12-7-9-18-11-12/h2-5,7,9,11,16H,6,8,10H2,1H3. The highest BCUT2D eigenvalue weighted by molar-refractivity contribution is 5.98. The van der Waals surface area contributed by atoms with Gasteiger partial charge in [0.05, 0.1) is 12.5 Å². The smallest absolute Gasteiger partial charge is 0.167 e. The van der Waals surface area contributed by atoms with Gasteiger partial charge in [-0.25, -0.2) is 0 Å². The number of carbonyl (C=O) groups excluding carboxylic acids is 1. The van der Waals surface area contributed by atoms with Crippen LogP contribution in [0.25, 0.3) is 0 Å². The molecule has 18 heavy (non-hydrogen) atoms. The van der Waals surface area contributed by atoms with Gasteiger partial charge < -0.3 is 9.73 Å². The number of rotatable bonds is 6. The minimum Gasteiger partial charge on any atom is -0.472 e. The zero-order valence-electron chi connectivity index (χ0n) is 10.5. The molecular formula is C15H17NO2. The molecule has 0 spiro atoms.